The third-order valence-electron chi connectivity index (χ3n) is 2.83. The van der Waals surface area contributed by atoms with Crippen molar-refractivity contribution < 1.29 is 10.2 Å². The first-order valence-corrected chi connectivity index (χ1v) is 3.65. The number of aliphatic hydroxyl groups excluding tert-OH is 2. The van der Waals surface area contributed by atoms with Crippen molar-refractivity contribution in [3.05, 3.63) is 0 Å². The highest BCUT2D eigenvalue weighted by Gasteiger charge is 2.45. The monoisotopic (exact) mass is 128 g/mol. The summed E-state index contributed by atoms with van der Waals surface area (Å²) < 4.78 is 0. The third kappa shape index (κ3) is 0.634. The first kappa shape index (κ1) is 5.69. The molecule has 2 fully saturated rings. The standard InChI is InChI=1S/C7H12O2/c8-6-4-1-2-5(3-4)7(6)9/h4-9H,1-3H2/t4-,5-,6-,7+/m0/s1. The Hall–Kier alpha value is -0.0800. The first-order chi connectivity index (χ1) is 4.29. The smallest absolute Gasteiger partial charge is 0.0830 e. The fourth-order valence-electron chi connectivity index (χ4n) is 2.23. The zero-order valence-electron chi connectivity index (χ0n) is 5.33. The highest BCUT2D eigenvalue weighted by Crippen LogP contribution is 2.44. The Morgan fingerprint density at radius 3 is 1.56 bits per heavy atom. The summed E-state index contributed by atoms with van der Waals surface area (Å²) in [6, 6.07) is 0. The molecule has 2 N–H and O–H groups in total. The van der Waals surface area contributed by atoms with Gasteiger partial charge in [-0.15, -0.1) is 0 Å². The summed E-state index contributed by atoms with van der Waals surface area (Å²) in [6.07, 6.45) is 2.51. The van der Waals surface area contributed by atoms with Gasteiger partial charge in [0, 0.05) is 0 Å². The molecule has 2 saturated carbocycles. The van der Waals surface area contributed by atoms with E-state index in [0.717, 1.165) is 19.3 Å². The van der Waals surface area contributed by atoms with Crippen LogP contribution in [0.5, 0.6) is 0 Å². The van der Waals surface area contributed by atoms with Gasteiger partial charge in [-0.2, -0.15) is 0 Å². The van der Waals surface area contributed by atoms with Crippen LogP contribution >= 0.6 is 0 Å². The summed E-state index contributed by atoms with van der Waals surface area (Å²) in [7, 11) is 0. The maximum absolute atomic E-state index is 9.24. The van der Waals surface area contributed by atoms with Crippen LogP contribution in [0.1, 0.15) is 19.3 Å². The molecule has 2 bridgehead atoms. The van der Waals surface area contributed by atoms with Crippen LogP contribution in [0, 0.1) is 11.8 Å². The number of fused-ring (bicyclic) bond motifs is 2. The molecule has 0 unspecified atom stereocenters. The molecule has 4 atom stereocenters. The number of aliphatic hydroxyl groups is 2. The average molecular weight is 128 g/mol. The molecule has 0 aromatic heterocycles. The molecular formula is C7H12O2. The van der Waals surface area contributed by atoms with Crippen LogP contribution in [-0.4, -0.2) is 22.4 Å². The summed E-state index contributed by atoms with van der Waals surface area (Å²) in [5.74, 6) is 0.843. The Labute approximate surface area is 54.5 Å². The number of rotatable bonds is 0. The van der Waals surface area contributed by atoms with Crippen molar-refractivity contribution >= 4 is 0 Å². The lowest BCUT2D eigenvalue weighted by Gasteiger charge is -2.21. The third-order valence-corrected chi connectivity index (χ3v) is 2.83. The second-order valence-corrected chi connectivity index (χ2v) is 3.31. The Kier molecular flexibility index (Phi) is 1.08. The summed E-state index contributed by atoms with van der Waals surface area (Å²) in [5.41, 5.74) is 0. The molecule has 0 spiro atoms. The predicted molar refractivity (Wildman–Crippen MR) is 32.8 cm³/mol. The van der Waals surface area contributed by atoms with Crippen LogP contribution in [-0.2, 0) is 0 Å². The van der Waals surface area contributed by atoms with Crippen LogP contribution in [0.4, 0.5) is 0 Å². The van der Waals surface area contributed by atoms with E-state index >= 15 is 0 Å². The summed E-state index contributed by atoms with van der Waals surface area (Å²) in [4.78, 5) is 0. The molecule has 2 rings (SSSR count). The predicted octanol–water partition coefficient (Wildman–Crippen LogP) is 0.138. The van der Waals surface area contributed by atoms with Gasteiger partial charge in [0.2, 0.25) is 0 Å². The average Bonchev–Trinajstić information content (AvgIpc) is 2.37. The molecule has 2 nitrogen and oxygen atoms in total. The van der Waals surface area contributed by atoms with Gasteiger partial charge < -0.3 is 10.2 Å². The second kappa shape index (κ2) is 1.70. The van der Waals surface area contributed by atoms with Crippen molar-refractivity contribution in [2.45, 2.75) is 31.5 Å². The van der Waals surface area contributed by atoms with Crippen molar-refractivity contribution in [2.24, 2.45) is 11.8 Å². The minimum Gasteiger partial charge on any atom is -0.390 e. The van der Waals surface area contributed by atoms with E-state index in [9.17, 15) is 10.2 Å². The van der Waals surface area contributed by atoms with Gasteiger partial charge in [-0.25, -0.2) is 0 Å². The Morgan fingerprint density at radius 1 is 0.889 bits per heavy atom. The Balaban J connectivity index is 2.15. The van der Waals surface area contributed by atoms with Gasteiger partial charge in [-0.3, -0.25) is 0 Å². The number of hydrogen-bond acceptors (Lipinski definition) is 2. The molecule has 2 aliphatic rings. The lowest BCUT2D eigenvalue weighted by atomic mass is 9.95. The molecule has 2 heteroatoms. The highest BCUT2D eigenvalue weighted by atomic mass is 16.3. The lowest BCUT2D eigenvalue weighted by molar-refractivity contribution is -0.0160. The normalized spacial score (nSPS) is 56.7. The maximum Gasteiger partial charge on any atom is 0.0830 e. The van der Waals surface area contributed by atoms with Gasteiger partial charge in [0.1, 0.15) is 0 Å². The van der Waals surface area contributed by atoms with Gasteiger partial charge >= 0.3 is 0 Å². The fourth-order valence-corrected chi connectivity index (χ4v) is 2.23. The topological polar surface area (TPSA) is 40.5 Å². The van der Waals surface area contributed by atoms with Gasteiger partial charge in [-0.05, 0) is 31.1 Å². The molecule has 0 saturated heterocycles. The summed E-state index contributed by atoms with van der Waals surface area (Å²) >= 11 is 0. The van der Waals surface area contributed by atoms with Gasteiger partial charge in [0.25, 0.3) is 0 Å². The minimum atomic E-state index is -0.399. The molecule has 0 radical (unpaired) electrons. The molecule has 0 aromatic carbocycles. The second-order valence-electron chi connectivity index (χ2n) is 3.31. The van der Waals surface area contributed by atoms with Crippen LogP contribution < -0.4 is 0 Å². The Bertz CT molecular complexity index is 106. The van der Waals surface area contributed by atoms with Crippen molar-refractivity contribution in [1.29, 1.82) is 0 Å². The largest absolute Gasteiger partial charge is 0.390 e. The maximum atomic E-state index is 9.24. The Morgan fingerprint density at radius 2 is 1.33 bits per heavy atom. The van der Waals surface area contributed by atoms with E-state index in [2.05, 4.69) is 0 Å². The highest BCUT2D eigenvalue weighted by molar-refractivity contribution is 4.96. The molecule has 0 aromatic rings. The van der Waals surface area contributed by atoms with Gasteiger partial charge in [0.15, 0.2) is 0 Å². The van der Waals surface area contributed by atoms with E-state index < -0.39 is 12.2 Å². The zero-order chi connectivity index (χ0) is 6.43. The fraction of sp³-hybridized carbons (Fsp3) is 1.00. The molecule has 0 amide bonds. The first-order valence-electron chi connectivity index (χ1n) is 3.65. The molecule has 0 heterocycles. The van der Waals surface area contributed by atoms with E-state index in [4.69, 9.17) is 0 Å². The van der Waals surface area contributed by atoms with Crippen LogP contribution in [0.25, 0.3) is 0 Å². The van der Waals surface area contributed by atoms with Crippen molar-refractivity contribution in [2.75, 3.05) is 0 Å². The SMILES string of the molecule is O[C@@H]1[C@H]2CC[C@@H](C2)[C@@H]1O. The molecule has 52 valence electrons. The summed E-state index contributed by atoms with van der Waals surface area (Å²) in [6.45, 7) is 0. The van der Waals surface area contributed by atoms with Crippen molar-refractivity contribution in [3.63, 3.8) is 0 Å². The van der Waals surface area contributed by atoms with E-state index in [1.54, 1.807) is 0 Å². The lowest BCUT2D eigenvalue weighted by Crippen LogP contribution is -2.31. The van der Waals surface area contributed by atoms with Gasteiger partial charge in [-0.1, -0.05) is 0 Å². The van der Waals surface area contributed by atoms with Crippen molar-refractivity contribution in [1.82, 2.24) is 0 Å². The summed E-state index contributed by atoms with van der Waals surface area (Å²) in [5, 5.41) is 18.5. The van der Waals surface area contributed by atoms with Crippen LogP contribution in [0.3, 0.4) is 0 Å². The van der Waals surface area contributed by atoms with Crippen LogP contribution in [0.2, 0.25) is 0 Å². The molecule has 9 heavy (non-hydrogen) atoms. The zero-order valence-corrected chi connectivity index (χ0v) is 5.33. The quantitative estimate of drug-likeness (QED) is 0.487. The van der Waals surface area contributed by atoms with E-state index in [0.29, 0.717) is 11.8 Å². The van der Waals surface area contributed by atoms with Crippen molar-refractivity contribution in [3.8, 4) is 0 Å². The number of hydrogen-bond donors (Lipinski definition) is 2. The van der Waals surface area contributed by atoms with Gasteiger partial charge in [0.05, 0.1) is 12.2 Å². The molecular weight excluding hydrogens is 116 g/mol. The van der Waals surface area contributed by atoms with E-state index in [1.807, 2.05) is 0 Å². The molecule has 0 aliphatic heterocycles. The van der Waals surface area contributed by atoms with Crippen LogP contribution in [0.15, 0.2) is 0 Å². The van der Waals surface area contributed by atoms with E-state index in [1.165, 1.54) is 0 Å². The minimum absolute atomic E-state index is 0.399. The molecule has 2 aliphatic carbocycles. The van der Waals surface area contributed by atoms with E-state index in [-0.39, 0.29) is 0 Å².